The fourth-order valence-electron chi connectivity index (χ4n) is 2.09. The van der Waals surface area contributed by atoms with Crippen molar-refractivity contribution in [2.45, 2.75) is 51.2 Å². The van der Waals surface area contributed by atoms with Crippen molar-refractivity contribution in [1.82, 2.24) is 0 Å². The normalized spacial score (nSPS) is 16.5. The lowest BCUT2D eigenvalue weighted by Crippen LogP contribution is -2.24. The smallest absolute Gasteiger partial charge is 0.0488 e. The van der Waals surface area contributed by atoms with E-state index in [1.165, 1.54) is 11.1 Å². The van der Waals surface area contributed by atoms with E-state index in [9.17, 15) is 4.21 Å². The van der Waals surface area contributed by atoms with Crippen LogP contribution in [0.4, 0.5) is 0 Å². The highest BCUT2D eigenvalue weighted by Crippen LogP contribution is 2.14. The van der Waals surface area contributed by atoms with Gasteiger partial charge in [-0.25, -0.2) is 0 Å². The highest BCUT2D eigenvalue weighted by atomic mass is 32.2. The van der Waals surface area contributed by atoms with E-state index >= 15 is 0 Å². The second-order valence-corrected chi connectivity index (χ2v) is 6.90. The Morgan fingerprint density at radius 3 is 2.18 bits per heavy atom. The fraction of sp³-hybridized carbons (Fsp3) is 0.571. The Labute approximate surface area is 107 Å². The van der Waals surface area contributed by atoms with Gasteiger partial charge in [0.15, 0.2) is 0 Å². The van der Waals surface area contributed by atoms with Crippen molar-refractivity contribution in [3.05, 3.63) is 34.9 Å². The standard InChI is InChI=1S/C14H23NOS/c1-10-5-11(2)7-14(6-10)9-17(16)13(4)8-12(3)15/h5-7,12-13H,8-9,15H2,1-4H3. The van der Waals surface area contributed by atoms with Crippen LogP contribution < -0.4 is 5.73 Å². The third-order valence-corrected chi connectivity index (χ3v) is 4.45. The highest BCUT2D eigenvalue weighted by molar-refractivity contribution is 7.84. The number of nitrogens with two attached hydrogens (primary N) is 1. The first-order chi connectivity index (χ1) is 7.88. The van der Waals surface area contributed by atoms with Crippen LogP contribution in [-0.4, -0.2) is 15.5 Å². The Bertz CT molecular complexity index is 381. The van der Waals surface area contributed by atoms with Crippen molar-refractivity contribution < 1.29 is 4.21 Å². The second kappa shape index (κ2) is 6.31. The summed E-state index contributed by atoms with van der Waals surface area (Å²) in [5, 5.41) is 0.163. The summed E-state index contributed by atoms with van der Waals surface area (Å²) in [5.74, 6) is 0.635. The van der Waals surface area contributed by atoms with E-state index in [1.54, 1.807) is 0 Å². The summed E-state index contributed by atoms with van der Waals surface area (Å²) >= 11 is 0. The van der Waals surface area contributed by atoms with E-state index in [1.807, 2.05) is 13.8 Å². The van der Waals surface area contributed by atoms with Crippen LogP contribution in [0.15, 0.2) is 18.2 Å². The Morgan fingerprint density at radius 1 is 1.18 bits per heavy atom. The van der Waals surface area contributed by atoms with Crippen LogP contribution in [-0.2, 0) is 16.6 Å². The predicted molar refractivity (Wildman–Crippen MR) is 75.5 cm³/mol. The van der Waals surface area contributed by atoms with Gasteiger partial charge < -0.3 is 5.73 Å². The van der Waals surface area contributed by atoms with Crippen LogP contribution in [0.2, 0.25) is 0 Å². The molecule has 0 radical (unpaired) electrons. The first kappa shape index (κ1) is 14.4. The lowest BCUT2D eigenvalue weighted by molar-refractivity contribution is 0.628. The van der Waals surface area contributed by atoms with Crippen LogP contribution in [0.3, 0.4) is 0 Å². The topological polar surface area (TPSA) is 43.1 Å². The zero-order chi connectivity index (χ0) is 13.0. The summed E-state index contributed by atoms with van der Waals surface area (Å²) in [5.41, 5.74) is 9.37. The van der Waals surface area contributed by atoms with Gasteiger partial charge in [-0.15, -0.1) is 0 Å². The minimum atomic E-state index is -0.833. The van der Waals surface area contributed by atoms with E-state index in [2.05, 4.69) is 32.0 Å². The zero-order valence-electron chi connectivity index (χ0n) is 11.2. The van der Waals surface area contributed by atoms with Gasteiger partial charge in [-0.2, -0.15) is 0 Å². The maximum Gasteiger partial charge on any atom is 0.0488 e. The molecule has 0 aromatic heterocycles. The molecule has 3 heteroatoms. The van der Waals surface area contributed by atoms with E-state index in [0.29, 0.717) is 5.75 Å². The molecule has 0 amide bonds. The van der Waals surface area contributed by atoms with Crippen LogP contribution in [0.1, 0.15) is 37.0 Å². The summed E-state index contributed by atoms with van der Waals surface area (Å²) in [6.45, 7) is 8.13. The summed E-state index contributed by atoms with van der Waals surface area (Å²) in [6, 6.07) is 6.48. The monoisotopic (exact) mass is 253 g/mol. The molecule has 0 saturated carbocycles. The van der Waals surface area contributed by atoms with Crippen molar-refractivity contribution in [2.75, 3.05) is 0 Å². The van der Waals surface area contributed by atoms with E-state index in [0.717, 1.165) is 12.0 Å². The maximum atomic E-state index is 12.1. The van der Waals surface area contributed by atoms with Crippen LogP contribution in [0, 0.1) is 13.8 Å². The molecule has 1 rings (SSSR count). The molecule has 1 aromatic rings. The van der Waals surface area contributed by atoms with Gasteiger partial charge in [-0.05, 0) is 32.8 Å². The van der Waals surface area contributed by atoms with E-state index in [-0.39, 0.29) is 11.3 Å². The molecule has 0 bridgehead atoms. The molecule has 3 unspecified atom stereocenters. The van der Waals surface area contributed by atoms with Gasteiger partial charge in [-0.1, -0.05) is 36.2 Å². The lowest BCUT2D eigenvalue weighted by Gasteiger charge is -2.14. The van der Waals surface area contributed by atoms with Crippen LogP contribution in [0.25, 0.3) is 0 Å². The summed E-state index contributed by atoms with van der Waals surface area (Å²) in [6.07, 6.45) is 0.817. The van der Waals surface area contributed by atoms with Gasteiger partial charge >= 0.3 is 0 Å². The molecule has 0 fully saturated rings. The van der Waals surface area contributed by atoms with E-state index < -0.39 is 10.8 Å². The number of aryl methyl sites for hydroxylation is 2. The summed E-state index contributed by atoms with van der Waals surface area (Å²) in [4.78, 5) is 0. The van der Waals surface area contributed by atoms with Crippen molar-refractivity contribution in [1.29, 1.82) is 0 Å². The highest BCUT2D eigenvalue weighted by Gasteiger charge is 2.13. The van der Waals surface area contributed by atoms with Crippen LogP contribution in [0.5, 0.6) is 0 Å². The van der Waals surface area contributed by atoms with Crippen LogP contribution >= 0.6 is 0 Å². The largest absolute Gasteiger partial charge is 0.328 e. The number of benzene rings is 1. The molecule has 0 spiro atoms. The molecular weight excluding hydrogens is 230 g/mol. The molecule has 0 aliphatic carbocycles. The summed E-state index contributed by atoms with van der Waals surface area (Å²) < 4.78 is 12.1. The summed E-state index contributed by atoms with van der Waals surface area (Å²) in [7, 11) is -0.833. The van der Waals surface area contributed by atoms with Gasteiger partial charge in [-0.3, -0.25) is 4.21 Å². The maximum absolute atomic E-state index is 12.1. The molecule has 2 nitrogen and oxygen atoms in total. The molecule has 17 heavy (non-hydrogen) atoms. The van der Waals surface area contributed by atoms with E-state index in [4.69, 9.17) is 5.73 Å². The van der Waals surface area contributed by atoms with Gasteiger partial charge in [0.05, 0.1) is 0 Å². The van der Waals surface area contributed by atoms with Crippen molar-refractivity contribution in [2.24, 2.45) is 5.73 Å². The quantitative estimate of drug-likeness (QED) is 0.876. The van der Waals surface area contributed by atoms with Gasteiger partial charge in [0, 0.05) is 27.8 Å². The van der Waals surface area contributed by atoms with Crippen molar-refractivity contribution >= 4 is 10.8 Å². The average Bonchev–Trinajstić information content (AvgIpc) is 2.14. The Kier molecular flexibility index (Phi) is 5.34. The minimum Gasteiger partial charge on any atom is -0.328 e. The van der Waals surface area contributed by atoms with Gasteiger partial charge in [0.1, 0.15) is 0 Å². The Morgan fingerprint density at radius 2 is 1.71 bits per heavy atom. The van der Waals surface area contributed by atoms with Gasteiger partial charge in [0.25, 0.3) is 0 Å². The van der Waals surface area contributed by atoms with Crippen molar-refractivity contribution in [3.63, 3.8) is 0 Å². The molecule has 0 heterocycles. The molecule has 3 atom stereocenters. The lowest BCUT2D eigenvalue weighted by atomic mass is 10.1. The third kappa shape index (κ3) is 5.00. The SMILES string of the molecule is Cc1cc(C)cc(CS(=O)C(C)CC(C)N)c1. The fourth-order valence-corrected chi connectivity index (χ4v) is 3.39. The second-order valence-electron chi connectivity index (χ2n) is 5.04. The molecule has 0 saturated heterocycles. The number of hydrogen-bond acceptors (Lipinski definition) is 2. The molecular formula is C14H23NOS. The Balaban J connectivity index is 2.67. The average molecular weight is 253 g/mol. The molecule has 2 N–H and O–H groups in total. The molecule has 0 aliphatic heterocycles. The van der Waals surface area contributed by atoms with Crippen molar-refractivity contribution in [3.8, 4) is 0 Å². The molecule has 0 aliphatic rings. The predicted octanol–water partition coefficient (Wildman–Crippen LogP) is 2.68. The zero-order valence-corrected chi connectivity index (χ0v) is 12.0. The number of rotatable bonds is 5. The Hall–Kier alpha value is -0.670. The minimum absolute atomic E-state index is 0.119. The van der Waals surface area contributed by atoms with Gasteiger partial charge in [0.2, 0.25) is 0 Å². The first-order valence-corrected chi connectivity index (χ1v) is 7.46. The number of hydrogen-bond donors (Lipinski definition) is 1. The third-order valence-electron chi connectivity index (χ3n) is 2.74. The molecule has 1 aromatic carbocycles. The first-order valence-electron chi connectivity index (χ1n) is 6.08. The molecule has 96 valence electrons.